The van der Waals surface area contributed by atoms with Crippen LogP contribution < -0.4 is 0 Å². The Bertz CT molecular complexity index is 311. The third-order valence-electron chi connectivity index (χ3n) is 3.50. The van der Waals surface area contributed by atoms with E-state index in [1.54, 1.807) is 14.0 Å². The average molecular weight is 234 g/mol. The molecule has 0 bridgehead atoms. The Morgan fingerprint density at radius 2 is 1.80 bits per heavy atom. The zero-order valence-corrected chi connectivity index (χ0v) is 11.1. The highest BCUT2D eigenvalue weighted by Crippen LogP contribution is 2.47. The van der Waals surface area contributed by atoms with E-state index in [0.29, 0.717) is 11.3 Å². The van der Waals surface area contributed by atoms with Gasteiger partial charge in [0.1, 0.15) is 0 Å². The molecular weight excluding hydrogens is 212 g/mol. The lowest BCUT2D eigenvalue weighted by atomic mass is 9.62. The Labute approximate surface area is 93.1 Å². The molecule has 0 unspecified atom stereocenters. The summed E-state index contributed by atoms with van der Waals surface area (Å²) in [6, 6.07) is 0. The van der Waals surface area contributed by atoms with E-state index in [4.69, 9.17) is 4.74 Å². The van der Waals surface area contributed by atoms with E-state index in [9.17, 15) is 8.42 Å². The molecule has 4 heteroatoms. The molecule has 0 aromatic heterocycles. The van der Waals surface area contributed by atoms with Crippen LogP contribution in [0.4, 0.5) is 0 Å². The van der Waals surface area contributed by atoms with Gasteiger partial charge in [-0.2, -0.15) is 0 Å². The third-order valence-corrected chi connectivity index (χ3v) is 5.12. The van der Waals surface area contributed by atoms with Crippen LogP contribution in [0.3, 0.4) is 0 Å². The molecule has 0 spiro atoms. The number of rotatable bonds is 4. The van der Waals surface area contributed by atoms with Gasteiger partial charge in [-0.1, -0.05) is 13.8 Å². The van der Waals surface area contributed by atoms with Crippen LogP contribution in [0, 0.1) is 11.3 Å². The first-order valence-corrected chi connectivity index (χ1v) is 7.34. The summed E-state index contributed by atoms with van der Waals surface area (Å²) in [5.74, 6) is 0.398. The van der Waals surface area contributed by atoms with Crippen molar-refractivity contribution in [2.45, 2.75) is 45.0 Å². The maximum absolute atomic E-state index is 11.5. The van der Waals surface area contributed by atoms with Gasteiger partial charge in [-0.05, 0) is 31.1 Å². The molecule has 0 N–H and O–H groups in total. The van der Waals surface area contributed by atoms with E-state index in [1.165, 1.54) is 6.26 Å². The molecule has 2 atom stereocenters. The van der Waals surface area contributed by atoms with Gasteiger partial charge in [-0.25, -0.2) is 8.42 Å². The highest BCUT2D eigenvalue weighted by molar-refractivity contribution is 7.91. The maximum atomic E-state index is 11.5. The lowest BCUT2D eigenvalue weighted by Gasteiger charge is -2.47. The van der Waals surface area contributed by atoms with Crippen molar-refractivity contribution >= 4 is 9.84 Å². The average Bonchev–Trinajstić information content (AvgIpc) is 2.00. The topological polar surface area (TPSA) is 43.4 Å². The molecule has 3 nitrogen and oxygen atoms in total. The van der Waals surface area contributed by atoms with Crippen molar-refractivity contribution in [2.75, 3.05) is 13.4 Å². The number of sulfone groups is 1. The van der Waals surface area contributed by atoms with Crippen LogP contribution in [0.15, 0.2) is 0 Å². The zero-order chi connectivity index (χ0) is 11.9. The standard InChI is InChI=1S/C11H22O3S/c1-8(15(5,12)13)10(14-4)9-6-11(2,3)7-9/h8-10H,6-7H2,1-5H3/t8-,10-/m1/s1. The summed E-state index contributed by atoms with van der Waals surface area (Å²) in [6.07, 6.45) is 3.26. The molecule has 1 saturated carbocycles. The minimum atomic E-state index is -3.00. The second kappa shape index (κ2) is 4.06. The van der Waals surface area contributed by atoms with Crippen LogP contribution >= 0.6 is 0 Å². The molecule has 15 heavy (non-hydrogen) atoms. The van der Waals surface area contributed by atoms with Crippen molar-refractivity contribution in [1.29, 1.82) is 0 Å². The van der Waals surface area contributed by atoms with Crippen molar-refractivity contribution in [3.8, 4) is 0 Å². The summed E-state index contributed by atoms with van der Waals surface area (Å²) in [5, 5.41) is -0.399. The van der Waals surface area contributed by atoms with Gasteiger partial charge in [-0.3, -0.25) is 0 Å². The monoisotopic (exact) mass is 234 g/mol. The largest absolute Gasteiger partial charge is 0.380 e. The molecule has 0 aromatic carbocycles. The second-order valence-electron chi connectivity index (χ2n) is 5.57. The minimum Gasteiger partial charge on any atom is -0.380 e. The first kappa shape index (κ1) is 13.0. The van der Waals surface area contributed by atoms with Crippen molar-refractivity contribution < 1.29 is 13.2 Å². The summed E-state index contributed by atoms with van der Waals surface area (Å²) >= 11 is 0. The molecule has 1 fully saturated rings. The van der Waals surface area contributed by atoms with Crippen LogP contribution in [0.2, 0.25) is 0 Å². The molecule has 0 heterocycles. The summed E-state index contributed by atoms with van der Waals surface area (Å²) in [6.45, 7) is 6.16. The van der Waals surface area contributed by atoms with Gasteiger partial charge in [0.15, 0.2) is 9.84 Å². The van der Waals surface area contributed by atoms with Crippen molar-refractivity contribution in [3.05, 3.63) is 0 Å². The number of hydrogen-bond acceptors (Lipinski definition) is 3. The van der Waals surface area contributed by atoms with E-state index in [2.05, 4.69) is 13.8 Å². The quantitative estimate of drug-likeness (QED) is 0.746. The van der Waals surface area contributed by atoms with Gasteiger partial charge in [0.25, 0.3) is 0 Å². The van der Waals surface area contributed by atoms with Gasteiger partial charge >= 0.3 is 0 Å². The fourth-order valence-electron chi connectivity index (χ4n) is 2.60. The normalized spacial score (nSPS) is 25.7. The van der Waals surface area contributed by atoms with E-state index in [1.807, 2.05) is 0 Å². The molecule has 1 aliphatic carbocycles. The number of ether oxygens (including phenoxy) is 1. The predicted molar refractivity (Wildman–Crippen MR) is 61.6 cm³/mol. The van der Waals surface area contributed by atoms with E-state index < -0.39 is 15.1 Å². The Hall–Kier alpha value is -0.0900. The highest BCUT2D eigenvalue weighted by Gasteiger charge is 2.44. The molecule has 0 aliphatic heterocycles. The molecule has 0 aromatic rings. The van der Waals surface area contributed by atoms with Crippen LogP contribution in [0.1, 0.15) is 33.6 Å². The third kappa shape index (κ3) is 2.94. The second-order valence-corrected chi connectivity index (χ2v) is 7.97. The van der Waals surface area contributed by atoms with Crippen molar-refractivity contribution in [1.82, 2.24) is 0 Å². The SMILES string of the molecule is CO[C@@H](C1CC(C)(C)C1)[C@@H](C)S(C)(=O)=O. The Morgan fingerprint density at radius 3 is 2.07 bits per heavy atom. The minimum absolute atomic E-state index is 0.145. The van der Waals surface area contributed by atoms with E-state index in [0.717, 1.165) is 12.8 Å². The molecule has 1 rings (SSSR count). The molecule has 90 valence electrons. The fraction of sp³-hybridized carbons (Fsp3) is 1.00. The Balaban J connectivity index is 2.66. The number of hydrogen-bond donors (Lipinski definition) is 0. The molecule has 0 radical (unpaired) electrons. The Morgan fingerprint density at radius 1 is 1.33 bits per heavy atom. The van der Waals surface area contributed by atoms with Crippen LogP contribution in [-0.2, 0) is 14.6 Å². The lowest BCUT2D eigenvalue weighted by Crippen LogP contribution is -2.46. The smallest absolute Gasteiger partial charge is 0.152 e. The fourth-order valence-corrected chi connectivity index (χ4v) is 3.42. The van der Waals surface area contributed by atoms with Gasteiger partial charge in [0.2, 0.25) is 0 Å². The first-order valence-electron chi connectivity index (χ1n) is 5.39. The van der Waals surface area contributed by atoms with Gasteiger partial charge < -0.3 is 4.74 Å². The molecule has 0 saturated heterocycles. The molecular formula is C11H22O3S. The Kier molecular flexibility index (Phi) is 3.51. The first-order chi connectivity index (χ1) is 6.67. The van der Waals surface area contributed by atoms with Crippen molar-refractivity contribution in [3.63, 3.8) is 0 Å². The predicted octanol–water partition coefficient (Wildman–Crippen LogP) is 1.87. The number of methoxy groups -OCH3 is 1. The lowest BCUT2D eigenvalue weighted by molar-refractivity contribution is -0.0367. The van der Waals surface area contributed by atoms with Crippen LogP contribution in [-0.4, -0.2) is 33.1 Å². The van der Waals surface area contributed by atoms with E-state index >= 15 is 0 Å². The molecule has 0 amide bonds. The summed E-state index contributed by atoms with van der Waals surface area (Å²) in [4.78, 5) is 0. The van der Waals surface area contributed by atoms with Gasteiger partial charge in [-0.15, -0.1) is 0 Å². The highest BCUT2D eigenvalue weighted by atomic mass is 32.2. The van der Waals surface area contributed by atoms with Crippen LogP contribution in [0.5, 0.6) is 0 Å². The molecule has 1 aliphatic rings. The van der Waals surface area contributed by atoms with Crippen LogP contribution in [0.25, 0.3) is 0 Å². The maximum Gasteiger partial charge on any atom is 0.152 e. The summed E-state index contributed by atoms with van der Waals surface area (Å²) in [5.41, 5.74) is 0.360. The van der Waals surface area contributed by atoms with Crippen molar-refractivity contribution in [2.24, 2.45) is 11.3 Å². The summed E-state index contributed by atoms with van der Waals surface area (Å²) in [7, 11) is -1.39. The van der Waals surface area contributed by atoms with E-state index in [-0.39, 0.29) is 6.10 Å². The summed E-state index contributed by atoms with van der Waals surface area (Å²) < 4.78 is 28.3. The van der Waals surface area contributed by atoms with Gasteiger partial charge in [0, 0.05) is 13.4 Å². The zero-order valence-electron chi connectivity index (χ0n) is 10.3. The van der Waals surface area contributed by atoms with Gasteiger partial charge in [0.05, 0.1) is 11.4 Å².